The van der Waals surface area contributed by atoms with Gasteiger partial charge in [-0.05, 0) is 30.2 Å². The third kappa shape index (κ3) is 5.34. The summed E-state index contributed by atoms with van der Waals surface area (Å²) in [4.78, 5) is 19.8. The Balaban J connectivity index is 1.68. The number of amides is 1. The molecule has 0 spiro atoms. The van der Waals surface area contributed by atoms with Gasteiger partial charge in [0.25, 0.3) is 5.91 Å². The number of aromatic nitrogens is 2. The van der Waals surface area contributed by atoms with Gasteiger partial charge in [0.2, 0.25) is 0 Å². The van der Waals surface area contributed by atoms with Gasteiger partial charge in [-0.25, -0.2) is 4.98 Å². The molecule has 2 N–H and O–H groups in total. The number of carbonyl (C=O) groups is 1. The summed E-state index contributed by atoms with van der Waals surface area (Å²) in [5.41, 5.74) is 1.86. The molecule has 7 heteroatoms. The fraction of sp³-hybridized carbons (Fsp3) is 0.200. The summed E-state index contributed by atoms with van der Waals surface area (Å²) in [5, 5.41) is 3.48. The van der Waals surface area contributed by atoms with Crippen LogP contribution >= 0.6 is 27.5 Å². The van der Waals surface area contributed by atoms with E-state index in [2.05, 4.69) is 31.2 Å². The Morgan fingerprint density at radius 2 is 2.11 bits per heavy atom. The summed E-state index contributed by atoms with van der Waals surface area (Å²) in [6.45, 7) is 1.76. The lowest BCUT2D eigenvalue weighted by atomic mass is 10.0. The summed E-state index contributed by atoms with van der Waals surface area (Å²) in [6.07, 6.45) is 4.02. The third-order valence-electron chi connectivity index (χ3n) is 4.03. The summed E-state index contributed by atoms with van der Waals surface area (Å²) in [6, 6.07) is 13.2. The lowest BCUT2D eigenvalue weighted by molar-refractivity contribution is -0.123. The molecule has 0 aliphatic carbocycles. The van der Waals surface area contributed by atoms with Crippen LogP contribution < -0.4 is 10.1 Å². The number of ether oxygens (including phenoxy) is 1. The number of rotatable bonds is 7. The topological polar surface area (TPSA) is 67.0 Å². The molecule has 140 valence electrons. The maximum Gasteiger partial charge on any atom is 0.258 e. The number of aromatic amines is 1. The van der Waals surface area contributed by atoms with Crippen LogP contribution in [0, 0.1) is 6.92 Å². The highest BCUT2D eigenvalue weighted by molar-refractivity contribution is 9.10. The molecule has 5 nitrogen and oxygen atoms in total. The maximum absolute atomic E-state index is 12.5. The van der Waals surface area contributed by atoms with Crippen LogP contribution in [0.15, 0.2) is 59.3 Å². The zero-order valence-electron chi connectivity index (χ0n) is 14.7. The van der Waals surface area contributed by atoms with Gasteiger partial charge >= 0.3 is 0 Å². The summed E-state index contributed by atoms with van der Waals surface area (Å²) < 4.78 is 6.53. The molecular weight excluding hydrogens is 430 g/mol. The molecule has 0 unspecified atom stereocenters. The first-order valence-electron chi connectivity index (χ1n) is 8.44. The molecule has 27 heavy (non-hydrogen) atoms. The molecule has 1 aromatic heterocycles. The van der Waals surface area contributed by atoms with Crippen molar-refractivity contribution in [2.24, 2.45) is 0 Å². The Kier molecular flexibility index (Phi) is 6.53. The largest absolute Gasteiger partial charge is 0.482 e. The minimum atomic E-state index is -0.228. The van der Waals surface area contributed by atoms with E-state index < -0.39 is 0 Å². The van der Waals surface area contributed by atoms with Crippen molar-refractivity contribution in [3.63, 3.8) is 0 Å². The van der Waals surface area contributed by atoms with Gasteiger partial charge in [-0.2, -0.15) is 0 Å². The van der Waals surface area contributed by atoms with E-state index in [1.165, 1.54) is 0 Å². The van der Waals surface area contributed by atoms with Crippen molar-refractivity contribution < 1.29 is 9.53 Å². The number of nitrogens with one attached hydrogen (secondary N) is 2. The van der Waals surface area contributed by atoms with Gasteiger partial charge in [-0.15, -0.1) is 0 Å². The molecule has 2 aromatic carbocycles. The number of H-pyrrole nitrogens is 1. The van der Waals surface area contributed by atoms with Crippen LogP contribution in [0.3, 0.4) is 0 Å². The Morgan fingerprint density at radius 3 is 2.78 bits per heavy atom. The predicted molar refractivity (Wildman–Crippen MR) is 109 cm³/mol. The predicted octanol–water partition coefficient (Wildman–Crippen LogP) is 4.61. The van der Waals surface area contributed by atoms with Crippen LogP contribution in [0.4, 0.5) is 0 Å². The number of hydrogen-bond acceptors (Lipinski definition) is 3. The minimum absolute atomic E-state index is 0.121. The van der Waals surface area contributed by atoms with Crippen molar-refractivity contribution in [3.8, 4) is 5.75 Å². The monoisotopic (exact) mass is 447 g/mol. The lowest BCUT2D eigenvalue weighted by Crippen LogP contribution is -2.34. The first-order chi connectivity index (χ1) is 13.0. The number of halogens is 2. The van der Waals surface area contributed by atoms with Crippen molar-refractivity contribution in [2.75, 3.05) is 6.61 Å². The quantitative estimate of drug-likeness (QED) is 0.554. The van der Waals surface area contributed by atoms with E-state index >= 15 is 0 Å². The van der Waals surface area contributed by atoms with E-state index in [0.717, 1.165) is 21.4 Å². The SMILES string of the molecule is Cc1cc(Br)cc(Cl)c1OCC(=O)N[C@H](Cc1ncc[nH]1)c1ccccc1. The standard InChI is InChI=1S/C20H19BrClN3O2/c1-13-9-15(21)10-16(22)20(13)27-12-19(26)25-17(11-18-23-7-8-24-18)14-5-3-2-4-6-14/h2-10,17H,11-12H2,1H3,(H,23,24)(H,25,26)/t17-/m1/s1. The fourth-order valence-corrected chi connectivity index (χ4v) is 3.81. The van der Waals surface area contributed by atoms with Crippen molar-refractivity contribution in [2.45, 2.75) is 19.4 Å². The molecule has 3 aromatic rings. The second-order valence-electron chi connectivity index (χ2n) is 6.09. The maximum atomic E-state index is 12.5. The van der Waals surface area contributed by atoms with E-state index in [-0.39, 0.29) is 18.6 Å². The van der Waals surface area contributed by atoms with Crippen molar-refractivity contribution in [1.29, 1.82) is 0 Å². The van der Waals surface area contributed by atoms with E-state index in [9.17, 15) is 4.79 Å². The van der Waals surface area contributed by atoms with Crippen molar-refractivity contribution in [1.82, 2.24) is 15.3 Å². The molecular formula is C20H19BrClN3O2. The first-order valence-corrected chi connectivity index (χ1v) is 9.61. The zero-order valence-corrected chi connectivity index (χ0v) is 17.0. The molecule has 1 atom stereocenters. The summed E-state index contributed by atoms with van der Waals surface area (Å²) in [7, 11) is 0. The molecule has 0 saturated carbocycles. The molecule has 3 rings (SSSR count). The van der Waals surface area contributed by atoms with Crippen molar-refractivity contribution >= 4 is 33.4 Å². The molecule has 0 radical (unpaired) electrons. The number of aryl methyl sites for hydroxylation is 1. The van der Waals surface area contributed by atoms with Crippen LogP contribution in [-0.4, -0.2) is 22.5 Å². The number of hydrogen-bond donors (Lipinski definition) is 2. The second kappa shape index (κ2) is 9.06. The van der Waals surface area contributed by atoms with Gasteiger partial charge in [0.05, 0.1) is 11.1 Å². The van der Waals surface area contributed by atoms with Crippen LogP contribution in [0.1, 0.15) is 23.0 Å². The average Bonchev–Trinajstić information content (AvgIpc) is 3.14. The van der Waals surface area contributed by atoms with Crippen LogP contribution in [0.5, 0.6) is 5.75 Å². The summed E-state index contributed by atoms with van der Waals surface area (Å²) >= 11 is 9.60. The van der Waals surface area contributed by atoms with Crippen LogP contribution in [0.2, 0.25) is 5.02 Å². The second-order valence-corrected chi connectivity index (χ2v) is 7.42. The van der Waals surface area contributed by atoms with E-state index in [4.69, 9.17) is 16.3 Å². The van der Waals surface area contributed by atoms with Crippen molar-refractivity contribution in [3.05, 3.63) is 81.3 Å². The van der Waals surface area contributed by atoms with Crippen LogP contribution in [0.25, 0.3) is 0 Å². The van der Waals surface area contributed by atoms with Gasteiger partial charge in [0, 0.05) is 23.3 Å². The number of carbonyl (C=O) groups excluding carboxylic acids is 1. The Hall–Kier alpha value is -2.31. The zero-order chi connectivity index (χ0) is 19.2. The number of benzene rings is 2. The third-order valence-corrected chi connectivity index (χ3v) is 4.77. The van der Waals surface area contributed by atoms with E-state index in [1.807, 2.05) is 43.3 Å². The first kappa shape index (κ1) is 19.5. The fourth-order valence-electron chi connectivity index (χ4n) is 2.79. The van der Waals surface area contributed by atoms with Gasteiger partial charge < -0.3 is 15.0 Å². The molecule has 0 bridgehead atoms. The molecule has 0 aliphatic heterocycles. The number of nitrogens with zero attached hydrogens (tertiary/aromatic N) is 1. The highest BCUT2D eigenvalue weighted by Gasteiger charge is 2.17. The van der Waals surface area contributed by atoms with E-state index in [1.54, 1.807) is 18.5 Å². The van der Waals surface area contributed by atoms with Gasteiger partial charge in [0.1, 0.15) is 11.6 Å². The highest BCUT2D eigenvalue weighted by Crippen LogP contribution is 2.32. The average molecular weight is 449 g/mol. The minimum Gasteiger partial charge on any atom is -0.482 e. The van der Waals surface area contributed by atoms with Gasteiger partial charge in [-0.3, -0.25) is 4.79 Å². The molecule has 1 amide bonds. The molecule has 0 saturated heterocycles. The normalized spacial score (nSPS) is 11.8. The Labute approximate surface area is 171 Å². The molecule has 0 aliphatic rings. The van der Waals surface area contributed by atoms with Crippen LogP contribution in [-0.2, 0) is 11.2 Å². The molecule has 1 heterocycles. The van der Waals surface area contributed by atoms with E-state index in [0.29, 0.717) is 17.2 Å². The number of imidazole rings is 1. The van der Waals surface area contributed by atoms with Gasteiger partial charge in [-0.1, -0.05) is 57.9 Å². The lowest BCUT2D eigenvalue weighted by Gasteiger charge is -2.19. The Morgan fingerprint density at radius 1 is 1.33 bits per heavy atom. The summed E-state index contributed by atoms with van der Waals surface area (Å²) in [5.74, 6) is 1.09. The Bertz CT molecular complexity index is 878. The van der Waals surface area contributed by atoms with Gasteiger partial charge in [0.15, 0.2) is 6.61 Å². The highest BCUT2D eigenvalue weighted by atomic mass is 79.9. The smallest absolute Gasteiger partial charge is 0.258 e. The molecule has 0 fully saturated rings.